The fourth-order valence-corrected chi connectivity index (χ4v) is 3.11. The molecule has 20 heavy (non-hydrogen) atoms. The highest BCUT2D eigenvalue weighted by molar-refractivity contribution is 8.14. The van der Waals surface area contributed by atoms with Gasteiger partial charge in [-0.05, 0) is 27.2 Å². The number of esters is 1. The van der Waals surface area contributed by atoms with Gasteiger partial charge in [0.15, 0.2) is 0 Å². The van der Waals surface area contributed by atoms with Gasteiger partial charge in [0, 0.05) is 23.6 Å². The maximum Gasteiger partial charge on any atom is 0.329 e. The Morgan fingerprint density at radius 3 is 2.40 bits per heavy atom. The number of amides is 1. The van der Waals surface area contributed by atoms with Crippen molar-refractivity contribution in [1.29, 1.82) is 0 Å². The van der Waals surface area contributed by atoms with Crippen molar-refractivity contribution in [3.63, 3.8) is 0 Å². The highest BCUT2D eigenvalue weighted by Gasteiger charge is 2.42. The second kappa shape index (κ2) is 5.89. The Hall–Kier alpha value is -0.820. The highest BCUT2D eigenvalue weighted by atomic mass is 35.7. The van der Waals surface area contributed by atoms with E-state index in [4.69, 9.17) is 15.4 Å². The zero-order valence-electron chi connectivity index (χ0n) is 12.1. The minimum Gasteiger partial charge on any atom is -0.458 e. The van der Waals surface area contributed by atoms with E-state index < -0.39 is 37.8 Å². The maximum absolute atomic E-state index is 12.1. The molecule has 0 bridgehead atoms. The van der Waals surface area contributed by atoms with Crippen LogP contribution in [0.3, 0.4) is 0 Å². The lowest BCUT2D eigenvalue weighted by Crippen LogP contribution is -2.45. The summed E-state index contributed by atoms with van der Waals surface area (Å²) in [6.07, 6.45) is 0.167. The van der Waals surface area contributed by atoms with Crippen molar-refractivity contribution in [1.82, 2.24) is 4.90 Å². The Bertz CT molecular complexity index is 496. The summed E-state index contributed by atoms with van der Waals surface area (Å²) in [5.41, 5.74) is -0.661. The van der Waals surface area contributed by atoms with Gasteiger partial charge in [0.25, 0.3) is 0 Å². The Kier molecular flexibility index (Phi) is 5.08. The minimum absolute atomic E-state index is 0.0670. The average Bonchev–Trinajstić information content (AvgIpc) is 2.59. The summed E-state index contributed by atoms with van der Waals surface area (Å²) in [7, 11) is 1.47. The molecule has 0 aliphatic carbocycles. The molecule has 0 aromatic rings. The normalized spacial score (nSPS) is 21.9. The van der Waals surface area contributed by atoms with E-state index in [1.165, 1.54) is 4.90 Å². The average molecular weight is 326 g/mol. The Balaban J connectivity index is 2.86. The van der Waals surface area contributed by atoms with Crippen LogP contribution in [0.2, 0.25) is 0 Å². The van der Waals surface area contributed by atoms with E-state index in [0.29, 0.717) is 6.42 Å². The quantitative estimate of drug-likeness (QED) is 0.574. The van der Waals surface area contributed by atoms with Gasteiger partial charge < -0.3 is 9.64 Å². The van der Waals surface area contributed by atoms with E-state index in [9.17, 15) is 18.0 Å². The SMILES string of the molecule is CC[C@H](C(=O)OC(C)(C)C)N1CC(S(=O)(=O)Cl)CC1=O. The number of carbonyl (C=O) groups excluding carboxylic acids is 2. The molecule has 6 nitrogen and oxygen atoms in total. The number of hydrogen-bond donors (Lipinski definition) is 0. The van der Waals surface area contributed by atoms with Crippen molar-refractivity contribution < 1.29 is 22.7 Å². The lowest BCUT2D eigenvalue weighted by molar-refractivity contribution is -0.163. The van der Waals surface area contributed by atoms with Crippen LogP contribution in [0.5, 0.6) is 0 Å². The van der Waals surface area contributed by atoms with Crippen molar-refractivity contribution >= 4 is 31.6 Å². The van der Waals surface area contributed by atoms with Gasteiger partial charge in [-0.15, -0.1) is 0 Å². The van der Waals surface area contributed by atoms with Crippen molar-refractivity contribution in [3.8, 4) is 0 Å². The summed E-state index contributed by atoms with van der Waals surface area (Å²) in [5, 5.41) is -0.965. The number of rotatable bonds is 4. The molecule has 0 aromatic carbocycles. The van der Waals surface area contributed by atoms with Crippen LogP contribution in [0.1, 0.15) is 40.5 Å². The molecule has 0 saturated carbocycles. The van der Waals surface area contributed by atoms with Gasteiger partial charge in [-0.25, -0.2) is 13.2 Å². The highest BCUT2D eigenvalue weighted by Crippen LogP contribution is 2.25. The lowest BCUT2D eigenvalue weighted by atomic mass is 10.1. The first kappa shape index (κ1) is 17.2. The molecule has 1 rings (SSSR count). The third kappa shape index (κ3) is 4.34. The van der Waals surface area contributed by atoms with Crippen LogP contribution in [-0.4, -0.2) is 48.6 Å². The van der Waals surface area contributed by atoms with Crippen LogP contribution in [0, 0.1) is 0 Å². The molecule has 2 atom stereocenters. The monoisotopic (exact) mass is 325 g/mol. The van der Waals surface area contributed by atoms with E-state index >= 15 is 0 Å². The smallest absolute Gasteiger partial charge is 0.329 e. The van der Waals surface area contributed by atoms with Crippen LogP contribution in [0.25, 0.3) is 0 Å². The van der Waals surface area contributed by atoms with Crippen LogP contribution < -0.4 is 0 Å². The second-order valence-corrected chi connectivity index (χ2v) is 8.71. The number of hydrogen-bond acceptors (Lipinski definition) is 5. The third-order valence-electron chi connectivity index (χ3n) is 2.96. The summed E-state index contributed by atoms with van der Waals surface area (Å²) in [5.74, 6) is -0.919. The molecule has 1 aliphatic heterocycles. The molecule has 1 fully saturated rings. The topological polar surface area (TPSA) is 80.8 Å². The van der Waals surface area contributed by atoms with Crippen LogP contribution >= 0.6 is 10.7 Å². The van der Waals surface area contributed by atoms with Gasteiger partial charge in [0.05, 0.1) is 0 Å². The zero-order chi connectivity index (χ0) is 15.7. The molecular weight excluding hydrogens is 306 g/mol. The number of likely N-dealkylation sites (tertiary alicyclic amines) is 1. The van der Waals surface area contributed by atoms with Crippen molar-refractivity contribution in [2.24, 2.45) is 0 Å². The molecule has 1 amide bonds. The van der Waals surface area contributed by atoms with Gasteiger partial charge in [-0.2, -0.15) is 0 Å². The summed E-state index contributed by atoms with van der Waals surface area (Å²) in [6.45, 7) is 6.87. The van der Waals surface area contributed by atoms with E-state index in [0.717, 1.165) is 0 Å². The number of nitrogens with zero attached hydrogens (tertiary/aromatic N) is 1. The van der Waals surface area contributed by atoms with E-state index in [1.807, 2.05) is 0 Å². The number of ether oxygens (including phenoxy) is 1. The standard InChI is InChI=1S/C12H20ClNO5S/c1-5-9(11(16)19-12(2,3)4)14-7-8(6-10(14)15)20(13,17)18/h8-9H,5-7H2,1-4H3/t8?,9-/m1/s1. The van der Waals surface area contributed by atoms with Gasteiger partial charge in [0.1, 0.15) is 16.9 Å². The molecule has 8 heteroatoms. The predicted octanol–water partition coefficient (Wildman–Crippen LogP) is 1.28. The van der Waals surface area contributed by atoms with Gasteiger partial charge in [0.2, 0.25) is 15.0 Å². The fraction of sp³-hybridized carbons (Fsp3) is 0.833. The molecule has 0 spiro atoms. The van der Waals surface area contributed by atoms with E-state index in [-0.39, 0.29) is 13.0 Å². The van der Waals surface area contributed by atoms with Crippen LogP contribution in [-0.2, 0) is 23.4 Å². The van der Waals surface area contributed by atoms with Crippen LogP contribution in [0.4, 0.5) is 0 Å². The van der Waals surface area contributed by atoms with E-state index in [2.05, 4.69) is 0 Å². The van der Waals surface area contributed by atoms with Crippen molar-refractivity contribution in [2.75, 3.05) is 6.54 Å². The number of carbonyl (C=O) groups is 2. The molecule has 1 heterocycles. The Labute approximate surface area is 123 Å². The van der Waals surface area contributed by atoms with Crippen molar-refractivity contribution in [2.45, 2.75) is 57.4 Å². The van der Waals surface area contributed by atoms with Gasteiger partial charge in [-0.1, -0.05) is 6.92 Å². The summed E-state index contributed by atoms with van der Waals surface area (Å²) < 4.78 is 27.9. The molecule has 0 aromatic heterocycles. The Morgan fingerprint density at radius 1 is 1.50 bits per heavy atom. The molecule has 1 aliphatic rings. The fourth-order valence-electron chi connectivity index (χ4n) is 2.07. The Morgan fingerprint density at radius 2 is 2.05 bits per heavy atom. The lowest BCUT2D eigenvalue weighted by Gasteiger charge is -2.29. The maximum atomic E-state index is 12.1. The molecule has 1 unspecified atom stereocenters. The molecule has 1 saturated heterocycles. The van der Waals surface area contributed by atoms with Gasteiger partial charge in [-0.3, -0.25) is 4.79 Å². The molecule has 116 valence electrons. The van der Waals surface area contributed by atoms with Gasteiger partial charge >= 0.3 is 5.97 Å². The van der Waals surface area contributed by atoms with E-state index in [1.54, 1.807) is 27.7 Å². The summed E-state index contributed by atoms with van der Waals surface area (Å²) >= 11 is 0. The second-order valence-electron chi connectivity index (χ2n) is 5.81. The summed E-state index contributed by atoms with van der Waals surface area (Å²) in [4.78, 5) is 25.2. The van der Waals surface area contributed by atoms with Crippen LogP contribution in [0.15, 0.2) is 0 Å². The van der Waals surface area contributed by atoms with Crippen molar-refractivity contribution in [3.05, 3.63) is 0 Å². The first-order chi connectivity index (χ1) is 8.95. The first-order valence-electron chi connectivity index (χ1n) is 6.41. The third-order valence-corrected chi connectivity index (χ3v) is 4.83. The first-order valence-corrected chi connectivity index (χ1v) is 8.78. The predicted molar refractivity (Wildman–Crippen MR) is 74.8 cm³/mol. The molecule has 0 N–H and O–H groups in total. The largest absolute Gasteiger partial charge is 0.458 e. The zero-order valence-corrected chi connectivity index (χ0v) is 13.6. The number of halogens is 1. The molecule has 0 radical (unpaired) electrons. The summed E-state index contributed by atoms with van der Waals surface area (Å²) in [6, 6.07) is -0.773. The molecular formula is C12H20ClNO5S. The minimum atomic E-state index is -3.81.